The van der Waals surface area contributed by atoms with Crippen molar-refractivity contribution in [3.8, 4) is 0 Å². The van der Waals surface area contributed by atoms with Crippen molar-refractivity contribution in [1.82, 2.24) is 9.71 Å². The Hall–Kier alpha value is -2.74. The predicted octanol–water partition coefficient (Wildman–Crippen LogP) is 3.51. The van der Waals surface area contributed by atoms with Crippen LogP contribution in [0.2, 0.25) is 5.15 Å². The fraction of sp³-hybridized carbons (Fsp3) is 0.100. The average Bonchev–Trinajstić information content (AvgIpc) is 2.70. The molecule has 1 heterocycles. The van der Waals surface area contributed by atoms with Crippen molar-refractivity contribution >= 4 is 33.2 Å². The van der Waals surface area contributed by atoms with Crippen LogP contribution in [0, 0.1) is 0 Å². The molecule has 0 saturated carbocycles. The van der Waals surface area contributed by atoms with Gasteiger partial charge < -0.3 is 5.32 Å². The summed E-state index contributed by atoms with van der Waals surface area (Å²) in [5.41, 5.74) is 1.88. The van der Waals surface area contributed by atoms with E-state index < -0.39 is 10.0 Å². The van der Waals surface area contributed by atoms with Crippen LogP contribution in [-0.4, -0.2) is 25.9 Å². The van der Waals surface area contributed by atoms with Crippen LogP contribution in [0.15, 0.2) is 77.8 Å². The highest BCUT2D eigenvalue weighted by atomic mass is 35.5. The van der Waals surface area contributed by atoms with Gasteiger partial charge in [0.1, 0.15) is 5.15 Å². The van der Waals surface area contributed by atoms with E-state index in [2.05, 4.69) is 15.0 Å². The van der Waals surface area contributed by atoms with E-state index in [0.717, 1.165) is 5.56 Å². The van der Waals surface area contributed by atoms with Gasteiger partial charge in [0.2, 0.25) is 10.0 Å². The molecule has 2 aromatic carbocycles. The number of sulfonamides is 1. The summed E-state index contributed by atoms with van der Waals surface area (Å²) < 4.78 is 27.4. The van der Waals surface area contributed by atoms with Crippen LogP contribution in [0.5, 0.6) is 0 Å². The normalized spacial score (nSPS) is 11.2. The molecule has 6 nitrogen and oxygen atoms in total. The van der Waals surface area contributed by atoms with Crippen molar-refractivity contribution in [2.75, 3.05) is 11.9 Å². The van der Waals surface area contributed by atoms with E-state index in [1.807, 2.05) is 30.3 Å². The summed E-state index contributed by atoms with van der Waals surface area (Å²) in [7, 11) is -3.64. The number of aromatic nitrogens is 1. The Kier molecular flexibility index (Phi) is 6.41. The van der Waals surface area contributed by atoms with Crippen molar-refractivity contribution in [2.24, 2.45) is 0 Å². The van der Waals surface area contributed by atoms with E-state index in [1.54, 1.807) is 12.1 Å². The largest absolute Gasteiger partial charge is 0.321 e. The minimum Gasteiger partial charge on any atom is -0.321 e. The number of carbonyl (C=O) groups is 1. The minimum absolute atomic E-state index is 0.102. The molecule has 2 N–H and O–H groups in total. The van der Waals surface area contributed by atoms with Gasteiger partial charge in [-0.1, -0.05) is 41.9 Å². The minimum atomic E-state index is -3.64. The van der Waals surface area contributed by atoms with Crippen LogP contribution < -0.4 is 10.0 Å². The number of rotatable bonds is 7. The van der Waals surface area contributed by atoms with E-state index >= 15 is 0 Å². The fourth-order valence-electron chi connectivity index (χ4n) is 2.50. The molecule has 0 aliphatic rings. The smallest absolute Gasteiger partial charge is 0.255 e. The zero-order valence-electron chi connectivity index (χ0n) is 14.8. The third kappa shape index (κ3) is 5.39. The summed E-state index contributed by atoms with van der Waals surface area (Å²) >= 11 is 5.71. The van der Waals surface area contributed by atoms with Crippen molar-refractivity contribution in [3.63, 3.8) is 0 Å². The lowest BCUT2D eigenvalue weighted by Crippen LogP contribution is -2.26. The average molecular weight is 416 g/mol. The van der Waals surface area contributed by atoms with Gasteiger partial charge in [0, 0.05) is 12.1 Å². The number of halogens is 1. The van der Waals surface area contributed by atoms with Crippen LogP contribution in [0.1, 0.15) is 15.9 Å². The van der Waals surface area contributed by atoms with Crippen molar-refractivity contribution in [2.45, 2.75) is 11.3 Å². The van der Waals surface area contributed by atoms with Gasteiger partial charge in [-0.2, -0.15) is 0 Å². The van der Waals surface area contributed by atoms with Crippen LogP contribution in [0.25, 0.3) is 0 Å². The number of nitrogens with zero attached hydrogens (tertiary/aromatic N) is 1. The molecule has 0 unspecified atom stereocenters. The molecule has 0 radical (unpaired) electrons. The lowest BCUT2D eigenvalue weighted by molar-refractivity contribution is 0.102. The highest BCUT2D eigenvalue weighted by Gasteiger charge is 2.14. The zero-order chi connectivity index (χ0) is 20.0. The van der Waals surface area contributed by atoms with E-state index in [0.29, 0.717) is 22.8 Å². The molecule has 0 spiro atoms. The van der Waals surface area contributed by atoms with Crippen molar-refractivity contribution < 1.29 is 13.2 Å². The van der Waals surface area contributed by atoms with Gasteiger partial charge in [0.05, 0.1) is 16.8 Å². The first kappa shape index (κ1) is 20.0. The van der Waals surface area contributed by atoms with Crippen LogP contribution >= 0.6 is 11.6 Å². The molecule has 28 heavy (non-hydrogen) atoms. The Balaban J connectivity index is 1.60. The molecule has 1 aromatic heterocycles. The predicted molar refractivity (Wildman–Crippen MR) is 109 cm³/mol. The number of nitrogens with one attached hydrogen (secondary N) is 2. The lowest BCUT2D eigenvalue weighted by Gasteiger charge is -2.08. The van der Waals surface area contributed by atoms with Crippen LogP contribution in [0.3, 0.4) is 0 Å². The topological polar surface area (TPSA) is 88.2 Å². The molecule has 0 bridgehead atoms. The van der Waals surface area contributed by atoms with Gasteiger partial charge in [-0.15, -0.1) is 0 Å². The SMILES string of the molecule is O=C(Nc1ccc(Cl)nc1)c1ccc(S(=O)(=O)NCCc2ccccc2)cc1. The summed E-state index contributed by atoms with van der Waals surface area (Å²) in [5.74, 6) is -0.370. The number of hydrogen-bond donors (Lipinski definition) is 2. The maximum Gasteiger partial charge on any atom is 0.255 e. The third-order valence-electron chi connectivity index (χ3n) is 3.96. The summed E-state index contributed by atoms with van der Waals surface area (Å²) in [5, 5.41) is 3.00. The monoisotopic (exact) mass is 415 g/mol. The molecule has 0 atom stereocenters. The number of anilines is 1. The molecule has 0 aliphatic heterocycles. The van der Waals surface area contributed by atoms with E-state index in [9.17, 15) is 13.2 Å². The van der Waals surface area contributed by atoms with Crippen LogP contribution in [-0.2, 0) is 16.4 Å². The van der Waals surface area contributed by atoms with E-state index in [1.165, 1.54) is 30.5 Å². The first-order chi connectivity index (χ1) is 13.4. The van der Waals surface area contributed by atoms with Gasteiger partial charge in [-0.25, -0.2) is 18.1 Å². The Morgan fingerprint density at radius 3 is 2.32 bits per heavy atom. The second kappa shape index (κ2) is 8.97. The maximum absolute atomic E-state index is 12.4. The number of pyridine rings is 1. The molecule has 144 valence electrons. The Labute approximate surface area is 168 Å². The second-order valence-electron chi connectivity index (χ2n) is 5.98. The van der Waals surface area contributed by atoms with Gasteiger partial charge >= 0.3 is 0 Å². The standard InChI is InChI=1S/C20H18ClN3O3S/c21-19-11-8-17(14-22-19)24-20(25)16-6-9-18(10-7-16)28(26,27)23-13-12-15-4-2-1-3-5-15/h1-11,14,23H,12-13H2,(H,24,25). The Morgan fingerprint density at radius 2 is 1.68 bits per heavy atom. The molecular weight excluding hydrogens is 398 g/mol. The summed E-state index contributed by atoms with van der Waals surface area (Å²) in [6, 6.07) is 18.5. The Morgan fingerprint density at radius 1 is 0.964 bits per heavy atom. The second-order valence-corrected chi connectivity index (χ2v) is 8.14. The molecule has 3 aromatic rings. The molecular formula is C20H18ClN3O3S. The third-order valence-corrected chi connectivity index (χ3v) is 5.66. The first-order valence-corrected chi connectivity index (χ1v) is 10.4. The van der Waals surface area contributed by atoms with Gasteiger partial charge in [0.25, 0.3) is 5.91 Å². The fourth-order valence-corrected chi connectivity index (χ4v) is 3.64. The molecule has 8 heteroatoms. The lowest BCUT2D eigenvalue weighted by atomic mass is 10.2. The van der Waals surface area contributed by atoms with Gasteiger partial charge in [-0.3, -0.25) is 4.79 Å². The number of amides is 1. The number of benzene rings is 2. The highest BCUT2D eigenvalue weighted by Crippen LogP contribution is 2.14. The summed E-state index contributed by atoms with van der Waals surface area (Å²) in [6.07, 6.45) is 2.03. The summed E-state index contributed by atoms with van der Waals surface area (Å²) in [6.45, 7) is 0.290. The first-order valence-electron chi connectivity index (χ1n) is 8.51. The molecule has 0 aliphatic carbocycles. The quantitative estimate of drug-likeness (QED) is 0.578. The summed E-state index contributed by atoms with van der Waals surface area (Å²) in [4.78, 5) is 16.2. The highest BCUT2D eigenvalue weighted by molar-refractivity contribution is 7.89. The molecule has 0 saturated heterocycles. The number of carbonyl (C=O) groups excluding carboxylic acids is 1. The maximum atomic E-state index is 12.4. The molecule has 1 amide bonds. The van der Waals surface area contributed by atoms with Crippen LogP contribution in [0.4, 0.5) is 5.69 Å². The molecule has 3 rings (SSSR count). The van der Waals surface area contributed by atoms with Crippen molar-refractivity contribution in [3.05, 3.63) is 89.2 Å². The zero-order valence-corrected chi connectivity index (χ0v) is 16.4. The van der Waals surface area contributed by atoms with E-state index in [4.69, 9.17) is 11.6 Å². The van der Waals surface area contributed by atoms with Gasteiger partial charge in [0.15, 0.2) is 0 Å². The molecule has 0 fully saturated rings. The van der Waals surface area contributed by atoms with Gasteiger partial charge in [-0.05, 0) is 48.4 Å². The van der Waals surface area contributed by atoms with Crippen molar-refractivity contribution in [1.29, 1.82) is 0 Å². The van der Waals surface area contributed by atoms with E-state index in [-0.39, 0.29) is 17.3 Å². The Bertz CT molecular complexity index is 1040. The number of hydrogen-bond acceptors (Lipinski definition) is 4.